The Hall–Kier alpha value is -2.01. The van der Waals surface area contributed by atoms with Gasteiger partial charge in [0.05, 0.1) is 12.2 Å². The summed E-state index contributed by atoms with van der Waals surface area (Å²) in [5.41, 5.74) is 1.45. The predicted octanol–water partition coefficient (Wildman–Crippen LogP) is 5.22. The van der Waals surface area contributed by atoms with Crippen LogP contribution in [0.4, 0.5) is 13.2 Å². The maximum absolute atomic E-state index is 12.5. The van der Waals surface area contributed by atoms with Gasteiger partial charge in [-0.15, -0.1) is 0 Å². The number of benzene rings is 2. The lowest BCUT2D eigenvalue weighted by Gasteiger charge is -2.15. The van der Waals surface area contributed by atoms with Crippen molar-refractivity contribution < 1.29 is 17.9 Å². The highest BCUT2D eigenvalue weighted by Gasteiger charge is 2.29. The maximum Gasteiger partial charge on any atom is 0.416 e. The molecule has 0 aliphatic heterocycles. The van der Waals surface area contributed by atoms with Gasteiger partial charge in [-0.25, -0.2) is 0 Å². The fraction of sp³-hybridized carbons (Fsp3) is 0.400. The van der Waals surface area contributed by atoms with Crippen molar-refractivity contribution in [2.45, 2.75) is 45.5 Å². The second-order valence-electron chi connectivity index (χ2n) is 6.10. The molecule has 2 rings (SSSR count). The summed E-state index contributed by atoms with van der Waals surface area (Å²) in [5, 5.41) is 3.35. The molecule has 5 heteroatoms. The zero-order chi connectivity index (χ0) is 18.3. The second kappa shape index (κ2) is 8.90. The molecule has 2 aromatic carbocycles. The Morgan fingerprint density at radius 1 is 1.04 bits per heavy atom. The Bertz CT molecular complexity index is 653. The summed E-state index contributed by atoms with van der Waals surface area (Å²) in [5.74, 6) is 0.880. The molecule has 0 spiro atoms. The van der Waals surface area contributed by atoms with E-state index in [1.165, 1.54) is 17.7 Å². The van der Waals surface area contributed by atoms with Crippen LogP contribution in [0.15, 0.2) is 48.5 Å². The molecule has 0 bridgehead atoms. The molecule has 1 atom stereocenters. The number of rotatable bonds is 8. The molecular formula is C20H24F3NO. The number of nitrogens with one attached hydrogen (secondary N) is 1. The highest BCUT2D eigenvalue weighted by atomic mass is 19.4. The lowest BCUT2D eigenvalue weighted by Crippen LogP contribution is -2.26. The van der Waals surface area contributed by atoms with Gasteiger partial charge in [-0.3, -0.25) is 0 Å². The standard InChI is InChI=1S/C20H24F3NO/c1-3-25-19-6-4-5-16(13-19)8-7-15(2)24-14-17-9-11-18(12-10-17)20(21,22)23/h4-6,9-13,15,24H,3,7-8,14H2,1-2H3. The minimum Gasteiger partial charge on any atom is -0.494 e. The van der Waals surface area contributed by atoms with Crippen molar-refractivity contribution in [1.82, 2.24) is 5.32 Å². The van der Waals surface area contributed by atoms with Crippen molar-refractivity contribution in [3.05, 3.63) is 65.2 Å². The lowest BCUT2D eigenvalue weighted by atomic mass is 10.1. The molecular weight excluding hydrogens is 327 g/mol. The normalized spacial score (nSPS) is 12.8. The highest BCUT2D eigenvalue weighted by Crippen LogP contribution is 2.29. The minimum absolute atomic E-state index is 0.262. The van der Waals surface area contributed by atoms with E-state index < -0.39 is 11.7 Å². The van der Waals surface area contributed by atoms with Crippen LogP contribution in [0.3, 0.4) is 0 Å². The van der Waals surface area contributed by atoms with E-state index in [1.807, 2.05) is 25.1 Å². The summed E-state index contributed by atoms with van der Waals surface area (Å²) in [7, 11) is 0. The molecule has 0 aliphatic carbocycles. The van der Waals surface area contributed by atoms with Crippen molar-refractivity contribution in [3.8, 4) is 5.75 Å². The van der Waals surface area contributed by atoms with Crippen LogP contribution in [-0.4, -0.2) is 12.6 Å². The van der Waals surface area contributed by atoms with Gasteiger partial charge in [-0.05, 0) is 62.1 Å². The summed E-state index contributed by atoms with van der Waals surface area (Å²) in [6, 6.07) is 13.6. The number of ether oxygens (including phenoxy) is 1. The van der Waals surface area contributed by atoms with Gasteiger partial charge in [0.25, 0.3) is 0 Å². The van der Waals surface area contributed by atoms with Crippen LogP contribution in [0.1, 0.15) is 37.0 Å². The van der Waals surface area contributed by atoms with Crippen LogP contribution in [-0.2, 0) is 19.1 Å². The first kappa shape index (κ1) is 19.3. The predicted molar refractivity (Wildman–Crippen MR) is 93.7 cm³/mol. The monoisotopic (exact) mass is 351 g/mol. The van der Waals surface area contributed by atoms with Gasteiger partial charge < -0.3 is 10.1 Å². The third-order valence-electron chi connectivity index (χ3n) is 4.01. The highest BCUT2D eigenvalue weighted by molar-refractivity contribution is 5.28. The van der Waals surface area contributed by atoms with E-state index in [1.54, 1.807) is 0 Å². The SMILES string of the molecule is CCOc1cccc(CCC(C)NCc2ccc(C(F)(F)F)cc2)c1. The van der Waals surface area contributed by atoms with Gasteiger partial charge >= 0.3 is 6.18 Å². The molecule has 0 saturated heterocycles. The van der Waals surface area contributed by atoms with E-state index in [4.69, 9.17) is 4.74 Å². The first-order chi connectivity index (χ1) is 11.9. The van der Waals surface area contributed by atoms with Crippen molar-refractivity contribution in [1.29, 1.82) is 0 Å². The van der Waals surface area contributed by atoms with Gasteiger partial charge in [0.1, 0.15) is 5.75 Å². The Balaban J connectivity index is 1.79. The zero-order valence-corrected chi connectivity index (χ0v) is 14.6. The topological polar surface area (TPSA) is 21.3 Å². The zero-order valence-electron chi connectivity index (χ0n) is 14.6. The summed E-state index contributed by atoms with van der Waals surface area (Å²) in [4.78, 5) is 0. The van der Waals surface area contributed by atoms with Crippen LogP contribution in [0.2, 0.25) is 0 Å². The summed E-state index contributed by atoms with van der Waals surface area (Å²) < 4.78 is 43.1. The molecule has 2 aromatic rings. The molecule has 25 heavy (non-hydrogen) atoms. The average molecular weight is 351 g/mol. The smallest absolute Gasteiger partial charge is 0.416 e. The molecule has 0 aliphatic rings. The minimum atomic E-state index is -4.28. The van der Waals surface area contributed by atoms with Crippen LogP contribution < -0.4 is 10.1 Å². The third kappa shape index (κ3) is 6.42. The Morgan fingerprint density at radius 3 is 2.40 bits per heavy atom. The van der Waals surface area contributed by atoms with Crippen LogP contribution >= 0.6 is 0 Å². The Morgan fingerprint density at radius 2 is 1.76 bits per heavy atom. The summed E-state index contributed by atoms with van der Waals surface area (Å²) in [6.07, 6.45) is -2.42. The number of aryl methyl sites for hydroxylation is 1. The molecule has 0 aromatic heterocycles. The van der Waals surface area contributed by atoms with Crippen LogP contribution in [0.5, 0.6) is 5.75 Å². The average Bonchev–Trinajstić information content (AvgIpc) is 2.58. The number of halogens is 3. The van der Waals surface area contributed by atoms with Gasteiger partial charge in [0.15, 0.2) is 0 Å². The molecule has 136 valence electrons. The molecule has 0 amide bonds. The number of alkyl halides is 3. The largest absolute Gasteiger partial charge is 0.494 e. The van der Waals surface area contributed by atoms with Gasteiger partial charge in [-0.1, -0.05) is 24.3 Å². The van der Waals surface area contributed by atoms with E-state index in [2.05, 4.69) is 18.3 Å². The Kier molecular flexibility index (Phi) is 6.88. The van der Waals surface area contributed by atoms with Crippen molar-refractivity contribution in [2.24, 2.45) is 0 Å². The first-order valence-corrected chi connectivity index (χ1v) is 8.49. The van der Waals surface area contributed by atoms with E-state index in [0.29, 0.717) is 13.2 Å². The molecule has 0 fully saturated rings. The fourth-order valence-corrected chi connectivity index (χ4v) is 2.55. The van der Waals surface area contributed by atoms with Gasteiger partial charge in [0, 0.05) is 12.6 Å². The van der Waals surface area contributed by atoms with Crippen molar-refractivity contribution in [3.63, 3.8) is 0 Å². The van der Waals surface area contributed by atoms with E-state index in [9.17, 15) is 13.2 Å². The van der Waals surface area contributed by atoms with E-state index in [-0.39, 0.29) is 6.04 Å². The molecule has 1 unspecified atom stereocenters. The van der Waals surface area contributed by atoms with Gasteiger partial charge in [0.2, 0.25) is 0 Å². The maximum atomic E-state index is 12.5. The second-order valence-corrected chi connectivity index (χ2v) is 6.10. The molecule has 0 radical (unpaired) electrons. The summed E-state index contributed by atoms with van der Waals surface area (Å²) in [6.45, 7) is 5.24. The van der Waals surface area contributed by atoms with Crippen molar-refractivity contribution >= 4 is 0 Å². The molecule has 0 heterocycles. The van der Waals surface area contributed by atoms with Gasteiger partial charge in [-0.2, -0.15) is 13.2 Å². The number of hydrogen-bond acceptors (Lipinski definition) is 2. The summed E-state index contributed by atoms with van der Waals surface area (Å²) >= 11 is 0. The quantitative estimate of drug-likeness (QED) is 0.704. The lowest BCUT2D eigenvalue weighted by molar-refractivity contribution is -0.137. The van der Waals surface area contributed by atoms with E-state index in [0.717, 1.165) is 36.3 Å². The Labute approximate surface area is 147 Å². The first-order valence-electron chi connectivity index (χ1n) is 8.49. The fourth-order valence-electron chi connectivity index (χ4n) is 2.55. The third-order valence-corrected chi connectivity index (χ3v) is 4.01. The van der Waals surface area contributed by atoms with Crippen LogP contribution in [0, 0.1) is 0 Å². The van der Waals surface area contributed by atoms with E-state index >= 15 is 0 Å². The molecule has 2 nitrogen and oxygen atoms in total. The van der Waals surface area contributed by atoms with Crippen molar-refractivity contribution in [2.75, 3.05) is 6.61 Å². The molecule has 0 saturated carbocycles. The molecule has 1 N–H and O–H groups in total. The number of hydrogen-bond donors (Lipinski definition) is 1. The van der Waals surface area contributed by atoms with Crippen LogP contribution in [0.25, 0.3) is 0 Å².